The molecular weight excluding hydrogens is 334 g/mol. The summed E-state index contributed by atoms with van der Waals surface area (Å²) in [6.45, 7) is 1.79. The molecule has 2 amide bonds. The van der Waals surface area contributed by atoms with Gasteiger partial charge in [0.25, 0.3) is 5.91 Å². The maximum Gasteiger partial charge on any atom is 0.263 e. The third-order valence-electron chi connectivity index (χ3n) is 3.40. The second-order valence-corrected chi connectivity index (χ2v) is 7.02. The zero-order valence-electron chi connectivity index (χ0n) is 12.6. The number of benzene rings is 1. The molecule has 0 bridgehead atoms. The van der Waals surface area contributed by atoms with E-state index in [1.807, 2.05) is 0 Å². The maximum absolute atomic E-state index is 12.1. The normalized spacial score (nSPS) is 13.7. The molecule has 1 aliphatic carbocycles. The van der Waals surface area contributed by atoms with Crippen molar-refractivity contribution in [3.63, 3.8) is 0 Å². The number of aryl methyl sites for hydroxylation is 1. The number of aromatic nitrogens is 1. The number of hydrogen-bond acceptors (Lipinski definition) is 4. The van der Waals surface area contributed by atoms with Gasteiger partial charge in [-0.2, -0.15) is 0 Å². The van der Waals surface area contributed by atoms with Gasteiger partial charge in [0.15, 0.2) is 0 Å². The lowest BCUT2D eigenvalue weighted by atomic mass is 10.3. The summed E-state index contributed by atoms with van der Waals surface area (Å²) in [4.78, 5) is 29.1. The molecule has 0 spiro atoms. The Kier molecular flexibility index (Phi) is 4.63. The fourth-order valence-corrected chi connectivity index (χ4v) is 3.19. The van der Waals surface area contributed by atoms with Crippen molar-refractivity contribution < 1.29 is 9.59 Å². The summed E-state index contributed by atoms with van der Waals surface area (Å²) in [5, 5.41) is 6.98. The molecule has 0 atom stereocenters. The molecule has 120 valence electrons. The average Bonchev–Trinajstić information content (AvgIpc) is 3.23. The Balaban J connectivity index is 1.61. The molecule has 1 aromatic carbocycles. The van der Waals surface area contributed by atoms with Crippen LogP contribution in [-0.4, -0.2) is 22.8 Å². The second-order valence-electron chi connectivity index (χ2n) is 5.50. The minimum Gasteiger partial charge on any atom is -0.349 e. The quantitative estimate of drug-likeness (QED) is 0.870. The van der Waals surface area contributed by atoms with Crippen LogP contribution in [0.15, 0.2) is 24.3 Å². The van der Waals surface area contributed by atoms with E-state index in [1.165, 1.54) is 11.3 Å². The summed E-state index contributed by atoms with van der Waals surface area (Å²) in [7, 11) is 0. The van der Waals surface area contributed by atoms with E-state index in [2.05, 4.69) is 15.6 Å². The predicted octanol–water partition coefficient (Wildman–Crippen LogP) is 3.18. The Bertz CT molecular complexity index is 738. The van der Waals surface area contributed by atoms with Crippen LogP contribution >= 0.6 is 22.9 Å². The number of carbonyl (C=O) groups is 2. The number of rotatable bonds is 5. The highest BCUT2D eigenvalue weighted by atomic mass is 35.5. The molecule has 3 rings (SSSR count). The lowest BCUT2D eigenvalue weighted by Gasteiger charge is -2.03. The molecule has 0 saturated heterocycles. The molecule has 1 heterocycles. The van der Waals surface area contributed by atoms with Gasteiger partial charge in [0.05, 0.1) is 12.1 Å². The first-order chi connectivity index (χ1) is 11.0. The molecule has 1 aromatic heterocycles. The van der Waals surface area contributed by atoms with Crippen LogP contribution in [0.3, 0.4) is 0 Å². The molecule has 0 aliphatic heterocycles. The van der Waals surface area contributed by atoms with Crippen molar-refractivity contribution >= 4 is 40.4 Å². The Morgan fingerprint density at radius 1 is 1.30 bits per heavy atom. The first-order valence-electron chi connectivity index (χ1n) is 7.34. The summed E-state index contributed by atoms with van der Waals surface area (Å²) in [6, 6.07) is 7.21. The van der Waals surface area contributed by atoms with Crippen molar-refractivity contribution in [2.75, 3.05) is 5.32 Å². The predicted molar refractivity (Wildman–Crippen MR) is 91.1 cm³/mol. The number of carbonyl (C=O) groups excluding carboxylic acids is 2. The van der Waals surface area contributed by atoms with Gasteiger partial charge in [-0.05, 0) is 44.0 Å². The van der Waals surface area contributed by atoms with Crippen LogP contribution in [0.1, 0.15) is 33.2 Å². The Hall–Kier alpha value is -1.92. The molecule has 2 N–H and O–H groups in total. The zero-order chi connectivity index (χ0) is 16.4. The fraction of sp³-hybridized carbons (Fsp3) is 0.312. The van der Waals surface area contributed by atoms with Gasteiger partial charge < -0.3 is 10.6 Å². The number of hydrogen-bond donors (Lipinski definition) is 2. The smallest absolute Gasteiger partial charge is 0.263 e. The number of nitrogens with one attached hydrogen (secondary N) is 2. The topological polar surface area (TPSA) is 71.1 Å². The summed E-state index contributed by atoms with van der Waals surface area (Å²) >= 11 is 7.08. The number of halogens is 1. The monoisotopic (exact) mass is 349 g/mol. The molecule has 1 aliphatic rings. The summed E-state index contributed by atoms with van der Waals surface area (Å²) in [5.41, 5.74) is 1.35. The molecule has 1 saturated carbocycles. The average molecular weight is 350 g/mol. The molecule has 2 aromatic rings. The van der Waals surface area contributed by atoms with E-state index in [1.54, 1.807) is 31.2 Å². The van der Waals surface area contributed by atoms with Gasteiger partial charge in [-0.3, -0.25) is 9.59 Å². The molecule has 1 fully saturated rings. The Morgan fingerprint density at radius 3 is 2.65 bits per heavy atom. The van der Waals surface area contributed by atoms with Crippen LogP contribution in [0.5, 0.6) is 0 Å². The van der Waals surface area contributed by atoms with Crippen LogP contribution in [0, 0.1) is 6.92 Å². The van der Waals surface area contributed by atoms with Crippen molar-refractivity contribution in [1.29, 1.82) is 0 Å². The largest absolute Gasteiger partial charge is 0.349 e. The van der Waals surface area contributed by atoms with E-state index in [-0.39, 0.29) is 18.2 Å². The molecule has 5 nitrogen and oxygen atoms in total. The molecule has 0 radical (unpaired) electrons. The second kappa shape index (κ2) is 6.68. The fourth-order valence-electron chi connectivity index (χ4n) is 2.09. The third-order valence-corrected chi connectivity index (χ3v) is 4.81. The SMILES string of the molecule is Cc1nc(CC(=O)Nc2ccc(Cl)cc2)sc1C(=O)NC1CC1. The van der Waals surface area contributed by atoms with Gasteiger partial charge in [-0.1, -0.05) is 11.6 Å². The van der Waals surface area contributed by atoms with Gasteiger partial charge in [0.1, 0.15) is 9.88 Å². The van der Waals surface area contributed by atoms with Gasteiger partial charge in [-0.25, -0.2) is 4.98 Å². The number of nitrogens with zero attached hydrogens (tertiary/aromatic N) is 1. The Morgan fingerprint density at radius 2 is 2.00 bits per heavy atom. The first kappa shape index (κ1) is 16.0. The molecule has 23 heavy (non-hydrogen) atoms. The van der Waals surface area contributed by atoms with Crippen LogP contribution < -0.4 is 10.6 Å². The lowest BCUT2D eigenvalue weighted by Crippen LogP contribution is -2.25. The van der Waals surface area contributed by atoms with E-state index in [0.29, 0.717) is 32.3 Å². The van der Waals surface area contributed by atoms with Crippen LogP contribution in [0.4, 0.5) is 5.69 Å². The summed E-state index contributed by atoms with van der Waals surface area (Å²) in [6.07, 6.45) is 2.23. The minimum atomic E-state index is -0.171. The highest BCUT2D eigenvalue weighted by Gasteiger charge is 2.26. The summed E-state index contributed by atoms with van der Waals surface area (Å²) < 4.78 is 0. The van der Waals surface area contributed by atoms with Crippen molar-refractivity contribution in [3.05, 3.63) is 44.9 Å². The van der Waals surface area contributed by atoms with Crippen molar-refractivity contribution in [1.82, 2.24) is 10.3 Å². The zero-order valence-corrected chi connectivity index (χ0v) is 14.1. The number of anilines is 1. The van der Waals surface area contributed by atoms with Crippen molar-refractivity contribution in [2.24, 2.45) is 0 Å². The maximum atomic E-state index is 12.1. The molecule has 0 unspecified atom stereocenters. The highest BCUT2D eigenvalue weighted by molar-refractivity contribution is 7.13. The van der Waals surface area contributed by atoms with E-state index in [0.717, 1.165) is 12.8 Å². The van der Waals surface area contributed by atoms with Crippen LogP contribution in [0.25, 0.3) is 0 Å². The standard InChI is InChI=1S/C16H16ClN3O2S/c1-9-15(16(22)20-12-6-7-12)23-14(18-9)8-13(21)19-11-4-2-10(17)3-5-11/h2-5,12H,6-8H2,1H3,(H,19,21)(H,20,22). The molecule has 7 heteroatoms. The highest BCUT2D eigenvalue weighted by Crippen LogP contribution is 2.23. The first-order valence-corrected chi connectivity index (χ1v) is 8.53. The number of amides is 2. The van der Waals surface area contributed by atoms with E-state index < -0.39 is 0 Å². The van der Waals surface area contributed by atoms with Crippen molar-refractivity contribution in [3.8, 4) is 0 Å². The Labute approximate surface area is 143 Å². The van der Waals surface area contributed by atoms with E-state index >= 15 is 0 Å². The third kappa shape index (κ3) is 4.30. The van der Waals surface area contributed by atoms with Crippen molar-refractivity contribution in [2.45, 2.75) is 32.2 Å². The van der Waals surface area contributed by atoms with Gasteiger partial charge in [0, 0.05) is 16.8 Å². The minimum absolute atomic E-state index is 0.0909. The van der Waals surface area contributed by atoms with Crippen LogP contribution in [0.2, 0.25) is 5.02 Å². The number of thiazole rings is 1. The van der Waals surface area contributed by atoms with Gasteiger partial charge in [0.2, 0.25) is 5.91 Å². The van der Waals surface area contributed by atoms with E-state index in [4.69, 9.17) is 11.6 Å². The molecular formula is C16H16ClN3O2S. The van der Waals surface area contributed by atoms with Gasteiger partial charge >= 0.3 is 0 Å². The van der Waals surface area contributed by atoms with Gasteiger partial charge in [-0.15, -0.1) is 11.3 Å². The lowest BCUT2D eigenvalue weighted by molar-refractivity contribution is -0.115. The van der Waals surface area contributed by atoms with Crippen LogP contribution in [-0.2, 0) is 11.2 Å². The summed E-state index contributed by atoms with van der Waals surface area (Å²) in [5.74, 6) is -0.262. The van der Waals surface area contributed by atoms with E-state index in [9.17, 15) is 9.59 Å².